The molecule has 0 radical (unpaired) electrons. The Bertz CT molecular complexity index is 870. The largest absolute Gasteiger partial charge is 0.469 e. The average Bonchev–Trinajstić information content (AvgIpc) is 2.67. The number of methoxy groups -OCH3 is 1. The summed E-state index contributed by atoms with van der Waals surface area (Å²) in [4.78, 5) is 36.0. The van der Waals surface area contributed by atoms with E-state index >= 15 is 0 Å². The van der Waals surface area contributed by atoms with Crippen LogP contribution < -0.4 is 16.4 Å². The predicted molar refractivity (Wildman–Crippen MR) is 110 cm³/mol. The summed E-state index contributed by atoms with van der Waals surface area (Å²) in [7, 11) is 1.29. The molecule has 154 valence electrons. The van der Waals surface area contributed by atoms with Crippen molar-refractivity contribution in [2.45, 2.75) is 31.8 Å². The molecule has 0 unspecified atom stereocenters. The fraction of sp³-hybridized carbons (Fsp3) is 0.286. The van der Waals surface area contributed by atoms with Crippen LogP contribution in [0.2, 0.25) is 5.02 Å². The summed E-state index contributed by atoms with van der Waals surface area (Å²) in [6.07, 6.45) is -0.0821. The molecule has 0 spiro atoms. The van der Waals surface area contributed by atoms with Crippen molar-refractivity contribution in [2.75, 3.05) is 7.11 Å². The van der Waals surface area contributed by atoms with Gasteiger partial charge in [0.1, 0.15) is 0 Å². The van der Waals surface area contributed by atoms with E-state index < -0.39 is 24.1 Å². The Balaban J connectivity index is 2.19. The summed E-state index contributed by atoms with van der Waals surface area (Å²) < 4.78 is 4.74. The number of amides is 3. The monoisotopic (exact) mass is 417 g/mol. The third kappa shape index (κ3) is 6.80. The van der Waals surface area contributed by atoms with E-state index in [0.717, 1.165) is 11.1 Å². The van der Waals surface area contributed by atoms with E-state index in [1.54, 1.807) is 24.3 Å². The molecule has 0 aromatic heterocycles. The number of carbonyl (C=O) groups excluding carboxylic acids is 3. The standard InChI is InChI=1S/C21H24ClN3O4/c1-13-5-3-4-6-16(13)18(25-21(23)28)11-19(26)24-17(12-20(27)29-2)14-7-9-15(22)10-8-14/h3-10,17-18H,11-12H2,1-2H3,(H,24,26)(H3,23,25,28)/t17-,18-/m0/s1. The van der Waals surface area contributed by atoms with Crippen LogP contribution >= 0.6 is 11.6 Å². The first-order valence-corrected chi connectivity index (χ1v) is 9.41. The van der Waals surface area contributed by atoms with Gasteiger partial charge in [-0.1, -0.05) is 48.0 Å². The SMILES string of the molecule is COC(=O)C[C@H](NC(=O)C[C@H](NC(N)=O)c1ccccc1C)c1ccc(Cl)cc1. The van der Waals surface area contributed by atoms with Crippen LogP contribution in [0.1, 0.15) is 41.6 Å². The summed E-state index contributed by atoms with van der Waals surface area (Å²) in [5.74, 6) is -0.813. The molecule has 0 aliphatic heterocycles. The van der Waals surface area contributed by atoms with E-state index in [9.17, 15) is 14.4 Å². The summed E-state index contributed by atoms with van der Waals surface area (Å²) in [5, 5.41) is 5.99. The molecule has 4 N–H and O–H groups in total. The summed E-state index contributed by atoms with van der Waals surface area (Å²) in [6.45, 7) is 1.89. The second kappa shape index (κ2) is 10.5. The normalized spacial score (nSPS) is 12.5. The van der Waals surface area contributed by atoms with Gasteiger partial charge in [-0.05, 0) is 35.7 Å². The van der Waals surface area contributed by atoms with Crippen LogP contribution in [0.15, 0.2) is 48.5 Å². The Hall–Kier alpha value is -3.06. The fourth-order valence-electron chi connectivity index (χ4n) is 3.02. The molecule has 2 atom stereocenters. The van der Waals surface area contributed by atoms with Crippen LogP contribution in [0, 0.1) is 6.92 Å². The minimum absolute atomic E-state index is 0.0395. The summed E-state index contributed by atoms with van der Waals surface area (Å²) in [6, 6.07) is 12.3. The second-order valence-electron chi connectivity index (χ2n) is 6.57. The predicted octanol–water partition coefficient (Wildman–Crippen LogP) is 3.17. The van der Waals surface area contributed by atoms with Gasteiger partial charge in [-0.25, -0.2) is 4.79 Å². The maximum Gasteiger partial charge on any atom is 0.312 e. The van der Waals surface area contributed by atoms with Crippen molar-refractivity contribution in [3.05, 3.63) is 70.2 Å². The van der Waals surface area contributed by atoms with Gasteiger partial charge < -0.3 is 21.1 Å². The Labute approximate surface area is 174 Å². The molecule has 0 bridgehead atoms. The molecule has 2 aromatic carbocycles. The average molecular weight is 418 g/mol. The molecule has 0 heterocycles. The second-order valence-corrected chi connectivity index (χ2v) is 7.01. The number of carbonyl (C=O) groups is 3. The molecule has 0 aliphatic rings. The van der Waals surface area contributed by atoms with Gasteiger partial charge in [0.25, 0.3) is 0 Å². The first-order valence-electron chi connectivity index (χ1n) is 9.03. The quantitative estimate of drug-likeness (QED) is 0.573. The number of esters is 1. The van der Waals surface area contributed by atoms with Gasteiger partial charge in [-0.3, -0.25) is 9.59 Å². The maximum absolute atomic E-state index is 12.8. The number of hydrogen-bond acceptors (Lipinski definition) is 4. The Morgan fingerprint density at radius 2 is 1.66 bits per heavy atom. The Kier molecular flexibility index (Phi) is 8.03. The lowest BCUT2D eigenvalue weighted by Crippen LogP contribution is -2.38. The highest BCUT2D eigenvalue weighted by molar-refractivity contribution is 6.30. The van der Waals surface area contributed by atoms with Crippen LogP contribution in [-0.2, 0) is 14.3 Å². The molecule has 0 saturated carbocycles. The molecule has 0 aliphatic carbocycles. The zero-order chi connectivity index (χ0) is 21.4. The highest BCUT2D eigenvalue weighted by atomic mass is 35.5. The van der Waals surface area contributed by atoms with Gasteiger partial charge in [0.2, 0.25) is 5.91 Å². The number of aryl methyl sites for hydroxylation is 1. The van der Waals surface area contributed by atoms with E-state index in [-0.39, 0.29) is 18.7 Å². The Morgan fingerprint density at radius 1 is 1.00 bits per heavy atom. The van der Waals surface area contributed by atoms with Crippen molar-refractivity contribution >= 4 is 29.5 Å². The number of ether oxygens (including phenoxy) is 1. The highest BCUT2D eigenvalue weighted by Crippen LogP contribution is 2.23. The summed E-state index contributed by atoms with van der Waals surface area (Å²) >= 11 is 5.92. The molecule has 8 heteroatoms. The lowest BCUT2D eigenvalue weighted by atomic mass is 9.97. The third-order valence-corrected chi connectivity index (χ3v) is 4.73. The molecule has 2 aromatic rings. The van der Waals surface area contributed by atoms with Gasteiger partial charge in [0.15, 0.2) is 0 Å². The first-order chi connectivity index (χ1) is 13.8. The number of primary amides is 1. The van der Waals surface area contributed by atoms with Crippen LogP contribution in [0.4, 0.5) is 4.79 Å². The van der Waals surface area contributed by atoms with Crippen LogP contribution in [0.25, 0.3) is 0 Å². The van der Waals surface area contributed by atoms with E-state index in [0.29, 0.717) is 10.6 Å². The first kappa shape index (κ1) is 22.2. The van der Waals surface area contributed by atoms with Gasteiger partial charge >= 0.3 is 12.0 Å². The summed E-state index contributed by atoms with van der Waals surface area (Å²) in [5.41, 5.74) is 7.71. The Morgan fingerprint density at radius 3 is 2.24 bits per heavy atom. The van der Waals surface area contributed by atoms with Crippen molar-refractivity contribution in [3.8, 4) is 0 Å². The minimum atomic E-state index is -0.727. The molecule has 7 nitrogen and oxygen atoms in total. The van der Waals surface area contributed by atoms with Crippen molar-refractivity contribution < 1.29 is 19.1 Å². The van der Waals surface area contributed by atoms with Crippen LogP contribution in [0.5, 0.6) is 0 Å². The lowest BCUT2D eigenvalue weighted by molar-refractivity contribution is -0.141. The van der Waals surface area contributed by atoms with Crippen molar-refractivity contribution in [1.82, 2.24) is 10.6 Å². The maximum atomic E-state index is 12.8. The zero-order valence-corrected chi connectivity index (χ0v) is 17.0. The number of halogens is 1. The zero-order valence-electron chi connectivity index (χ0n) is 16.3. The smallest absolute Gasteiger partial charge is 0.312 e. The van der Waals surface area contributed by atoms with Gasteiger partial charge in [0.05, 0.1) is 32.0 Å². The van der Waals surface area contributed by atoms with E-state index in [4.69, 9.17) is 22.1 Å². The van der Waals surface area contributed by atoms with E-state index in [1.165, 1.54) is 7.11 Å². The fourth-order valence-corrected chi connectivity index (χ4v) is 3.15. The molecule has 3 amide bonds. The molecular formula is C21H24ClN3O4. The van der Waals surface area contributed by atoms with Gasteiger partial charge in [0, 0.05) is 5.02 Å². The lowest BCUT2D eigenvalue weighted by Gasteiger charge is -2.22. The van der Waals surface area contributed by atoms with E-state index in [1.807, 2.05) is 31.2 Å². The van der Waals surface area contributed by atoms with Crippen molar-refractivity contribution in [1.29, 1.82) is 0 Å². The molecular weight excluding hydrogens is 394 g/mol. The number of nitrogens with one attached hydrogen (secondary N) is 2. The third-order valence-electron chi connectivity index (χ3n) is 4.48. The number of urea groups is 1. The number of hydrogen-bond donors (Lipinski definition) is 3. The van der Waals surface area contributed by atoms with Gasteiger partial charge in [-0.15, -0.1) is 0 Å². The molecule has 0 fully saturated rings. The van der Waals surface area contributed by atoms with E-state index in [2.05, 4.69) is 10.6 Å². The van der Waals surface area contributed by atoms with Crippen molar-refractivity contribution in [2.24, 2.45) is 5.73 Å². The van der Waals surface area contributed by atoms with Crippen LogP contribution in [0.3, 0.4) is 0 Å². The number of nitrogens with two attached hydrogens (primary N) is 1. The molecule has 2 rings (SSSR count). The van der Waals surface area contributed by atoms with Crippen molar-refractivity contribution in [3.63, 3.8) is 0 Å². The minimum Gasteiger partial charge on any atom is -0.469 e. The highest BCUT2D eigenvalue weighted by Gasteiger charge is 2.23. The topological polar surface area (TPSA) is 111 Å². The number of benzene rings is 2. The molecule has 0 saturated heterocycles. The van der Waals surface area contributed by atoms with Gasteiger partial charge in [-0.2, -0.15) is 0 Å². The number of rotatable bonds is 8. The molecule has 29 heavy (non-hydrogen) atoms. The van der Waals surface area contributed by atoms with Crippen LogP contribution in [-0.4, -0.2) is 25.0 Å².